The Balaban J connectivity index is 2.08. The van der Waals surface area contributed by atoms with Crippen molar-refractivity contribution in [2.24, 2.45) is 5.92 Å². The van der Waals surface area contributed by atoms with Crippen LogP contribution in [0, 0.1) is 5.92 Å². The van der Waals surface area contributed by atoms with Crippen LogP contribution in [-0.2, 0) is 9.53 Å². The van der Waals surface area contributed by atoms with Crippen LogP contribution in [0.4, 0.5) is 0 Å². The molecule has 27 heavy (non-hydrogen) atoms. The summed E-state index contributed by atoms with van der Waals surface area (Å²) in [5, 5.41) is 3.05. The average molecular weight is 373 g/mol. The van der Waals surface area contributed by atoms with Gasteiger partial charge >= 0.3 is 0 Å². The maximum atomic E-state index is 13.4. The van der Waals surface area contributed by atoms with Crippen LogP contribution in [0.25, 0.3) is 0 Å². The predicted octanol–water partition coefficient (Wildman–Crippen LogP) is 3.35. The zero-order valence-electron chi connectivity index (χ0n) is 16.8. The predicted molar refractivity (Wildman–Crippen MR) is 106 cm³/mol. The lowest BCUT2D eigenvalue weighted by molar-refractivity contribution is -0.127. The van der Waals surface area contributed by atoms with E-state index >= 15 is 0 Å². The molecule has 0 bridgehead atoms. The van der Waals surface area contributed by atoms with E-state index in [9.17, 15) is 9.59 Å². The molecule has 0 radical (unpaired) electrons. The first-order valence-corrected chi connectivity index (χ1v) is 10.2. The highest BCUT2D eigenvalue weighted by molar-refractivity contribution is 6.02. The van der Waals surface area contributed by atoms with Gasteiger partial charge < -0.3 is 15.0 Å². The van der Waals surface area contributed by atoms with Crippen LogP contribution in [0.5, 0.6) is 0 Å². The fourth-order valence-corrected chi connectivity index (χ4v) is 4.85. The topological polar surface area (TPSA) is 58.6 Å². The summed E-state index contributed by atoms with van der Waals surface area (Å²) >= 11 is 0. The molecular weight excluding hydrogens is 340 g/mol. The minimum Gasteiger partial charge on any atom is -0.383 e. The normalized spacial score (nSPS) is 21.4. The van der Waals surface area contributed by atoms with Gasteiger partial charge in [0.1, 0.15) is 0 Å². The second-order valence-electron chi connectivity index (χ2n) is 8.28. The second kappa shape index (κ2) is 8.42. The number of methoxy groups -OCH3 is 1. The fraction of sp³-hybridized carbons (Fsp3) is 0.636. The highest BCUT2D eigenvalue weighted by Crippen LogP contribution is 2.49. The van der Waals surface area contributed by atoms with Crippen molar-refractivity contribution in [3.63, 3.8) is 0 Å². The Morgan fingerprint density at radius 2 is 1.96 bits per heavy atom. The number of benzene rings is 1. The van der Waals surface area contributed by atoms with Crippen LogP contribution in [0.3, 0.4) is 0 Å². The molecule has 3 rings (SSSR count). The van der Waals surface area contributed by atoms with Crippen LogP contribution >= 0.6 is 0 Å². The number of fused-ring (bicyclic) bond motifs is 1. The van der Waals surface area contributed by atoms with Gasteiger partial charge in [0, 0.05) is 25.8 Å². The third kappa shape index (κ3) is 3.75. The van der Waals surface area contributed by atoms with E-state index in [1.54, 1.807) is 7.11 Å². The number of carbonyl (C=O) groups excluding carboxylic acids is 2. The van der Waals surface area contributed by atoms with Crippen molar-refractivity contribution in [3.8, 4) is 0 Å². The molecule has 1 aromatic carbocycles. The highest BCUT2D eigenvalue weighted by atomic mass is 16.5. The molecule has 5 heteroatoms. The van der Waals surface area contributed by atoms with E-state index in [2.05, 4.69) is 19.2 Å². The Hall–Kier alpha value is -1.88. The van der Waals surface area contributed by atoms with Gasteiger partial charge in [-0.3, -0.25) is 9.59 Å². The Morgan fingerprint density at radius 1 is 1.26 bits per heavy atom. The summed E-state index contributed by atoms with van der Waals surface area (Å²) in [5.74, 6) is 0.141. The van der Waals surface area contributed by atoms with Crippen molar-refractivity contribution >= 4 is 11.8 Å². The van der Waals surface area contributed by atoms with Crippen molar-refractivity contribution in [2.45, 2.75) is 57.4 Å². The summed E-state index contributed by atoms with van der Waals surface area (Å²) in [7, 11) is 1.63. The number of ether oxygens (including phenoxy) is 1. The first kappa shape index (κ1) is 19.9. The molecule has 0 unspecified atom stereocenters. The maximum Gasteiger partial charge on any atom is 0.254 e. The van der Waals surface area contributed by atoms with E-state index in [0.717, 1.165) is 31.2 Å². The smallest absolute Gasteiger partial charge is 0.254 e. The molecule has 1 N–H and O–H groups in total. The van der Waals surface area contributed by atoms with Crippen molar-refractivity contribution in [2.75, 3.05) is 26.8 Å². The molecule has 1 heterocycles. The quantitative estimate of drug-likeness (QED) is 0.779. The summed E-state index contributed by atoms with van der Waals surface area (Å²) < 4.78 is 5.10. The molecule has 2 amide bonds. The largest absolute Gasteiger partial charge is 0.383 e. The van der Waals surface area contributed by atoms with Gasteiger partial charge in [-0.15, -0.1) is 0 Å². The molecule has 1 spiro atoms. The first-order valence-electron chi connectivity index (χ1n) is 10.2. The molecule has 2 aliphatic rings. The summed E-state index contributed by atoms with van der Waals surface area (Å²) in [6.07, 6.45) is 5.08. The van der Waals surface area contributed by atoms with Crippen LogP contribution in [0.2, 0.25) is 0 Å². The van der Waals surface area contributed by atoms with Crippen molar-refractivity contribution < 1.29 is 14.3 Å². The van der Waals surface area contributed by atoms with Crippen molar-refractivity contribution in [3.05, 3.63) is 35.4 Å². The zero-order chi connectivity index (χ0) is 19.4. The second-order valence-corrected chi connectivity index (χ2v) is 8.28. The number of nitrogens with one attached hydrogen (secondary N) is 1. The fourth-order valence-electron chi connectivity index (χ4n) is 4.85. The van der Waals surface area contributed by atoms with Gasteiger partial charge in [-0.25, -0.2) is 0 Å². The van der Waals surface area contributed by atoms with Crippen LogP contribution in [0.1, 0.15) is 67.8 Å². The van der Waals surface area contributed by atoms with E-state index in [1.807, 2.05) is 29.2 Å². The van der Waals surface area contributed by atoms with E-state index in [0.29, 0.717) is 31.2 Å². The van der Waals surface area contributed by atoms with Gasteiger partial charge in [-0.1, -0.05) is 51.3 Å². The molecule has 1 saturated carbocycles. The van der Waals surface area contributed by atoms with Gasteiger partial charge in [0.05, 0.1) is 18.1 Å². The van der Waals surface area contributed by atoms with Crippen LogP contribution < -0.4 is 5.32 Å². The molecule has 1 fully saturated rings. The van der Waals surface area contributed by atoms with Crippen LogP contribution in [-0.4, -0.2) is 49.1 Å². The first-order chi connectivity index (χ1) is 13.0. The number of amides is 2. The van der Waals surface area contributed by atoms with Gasteiger partial charge in [-0.2, -0.15) is 0 Å². The molecule has 1 atom stereocenters. The summed E-state index contributed by atoms with van der Waals surface area (Å²) in [4.78, 5) is 28.8. The number of rotatable bonds is 6. The molecular formula is C22H32N2O3. The van der Waals surface area contributed by atoms with Gasteiger partial charge in [0.2, 0.25) is 5.91 Å². The van der Waals surface area contributed by atoms with Gasteiger partial charge in [0.25, 0.3) is 5.91 Å². The van der Waals surface area contributed by atoms with E-state index < -0.39 is 5.54 Å². The number of nitrogens with zero attached hydrogens (tertiary/aromatic N) is 1. The van der Waals surface area contributed by atoms with Crippen LogP contribution in [0.15, 0.2) is 24.3 Å². The standard InChI is InChI=1S/C22H32N2O3/c1-16(2)15-24-21(26)18-10-6-5-9-17(18)19(20(25)23-13-14-27-3)22(24)11-7-4-8-12-22/h5-6,9-10,16,19H,4,7-8,11-15H2,1-3H3,(H,23,25)/t19-/m1/s1. The number of carbonyl (C=O) groups is 2. The van der Waals surface area contributed by atoms with Gasteiger partial charge in [0.15, 0.2) is 0 Å². The molecule has 148 valence electrons. The molecule has 1 aromatic rings. The van der Waals surface area contributed by atoms with E-state index in [4.69, 9.17) is 4.74 Å². The zero-order valence-corrected chi connectivity index (χ0v) is 16.8. The Kier molecular flexibility index (Phi) is 6.20. The summed E-state index contributed by atoms with van der Waals surface area (Å²) in [5.41, 5.74) is 1.16. The molecule has 1 aliphatic carbocycles. The number of hydrogen-bond acceptors (Lipinski definition) is 3. The Morgan fingerprint density at radius 3 is 2.63 bits per heavy atom. The highest BCUT2D eigenvalue weighted by Gasteiger charge is 2.54. The summed E-state index contributed by atoms with van der Waals surface area (Å²) in [6.45, 7) is 5.94. The van der Waals surface area contributed by atoms with Crippen molar-refractivity contribution in [1.29, 1.82) is 0 Å². The SMILES string of the molecule is COCCNC(=O)[C@H]1c2ccccc2C(=O)N(CC(C)C)C12CCCCC2. The minimum atomic E-state index is -0.412. The summed E-state index contributed by atoms with van der Waals surface area (Å²) in [6, 6.07) is 7.67. The lowest BCUT2D eigenvalue weighted by Gasteiger charge is -2.54. The third-order valence-corrected chi connectivity index (χ3v) is 5.96. The average Bonchev–Trinajstić information content (AvgIpc) is 2.66. The van der Waals surface area contributed by atoms with E-state index in [1.165, 1.54) is 6.42 Å². The van der Waals surface area contributed by atoms with E-state index in [-0.39, 0.29) is 17.7 Å². The Labute approximate surface area is 162 Å². The number of hydrogen-bond donors (Lipinski definition) is 1. The minimum absolute atomic E-state index is 0.0163. The molecule has 0 aromatic heterocycles. The van der Waals surface area contributed by atoms with Gasteiger partial charge in [-0.05, 0) is 30.4 Å². The third-order valence-electron chi connectivity index (χ3n) is 5.96. The van der Waals surface area contributed by atoms with Crippen molar-refractivity contribution in [1.82, 2.24) is 10.2 Å². The molecule has 1 aliphatic heterocycles. The maximum absolute atomic E-state index is 13.4. The lowest BCUT2D eigenvalue weighted by atomic mass is 9.65. The lowest BCUT2D eigenvalue weighted by Crippen LogP contribution is -2.63. The molecule has 5 nitrogen and oxygen atoms in total. The molecule has 0 saturated heterocycles. The monoisotopic (exact) mass is 372 g/mol. The Bertz CT molecular complexity index is 680.